The van der Waals surface area contributed by atoms with Gasteiger partial charge in [0.25, 0.3) is 5.91 Å². The summed E-state index contributed by atoms with van der Waals surface area (Å²) >= 11 is 0. The number of aromatic nitrogens is 1. The molecule has 2 rings (SSSR count). The van der Waals surface area contributed by atoms with Crippen molar-refractivity contribution in [3.8, 4) is 5.75 Å². The van der Waals surface area contributed by atoms with Crippen LogP contribution in [0.5, 0.6) is 5.75 Å². The first kappa shape index (κ1) is 24.0. The lowest BCUT2D eigenvalue weighted by Crippen LogP contribution is -2.35. The lowest BCUT2D eigenvalue weighted by Gasteiger charge is -2.20. The van der Waals surface area contributed by atoms with Crippen molar-refractivity contribution < 1.29 is 37.7 Å². The molecule has 0 saturated heterocycles. The minimum absolute atomic E-state index is 0.00280. The van der Waals surface area contributed by atoms with E-state index >= 15 is 0 Å². The van der Waals surface area contributed by atoms with Crippen LogP contribution < -0.4 is 15.5 Å². The van der Waals surface area contributed by atoms with Crippen LogP contribution in [0.15, 0.2) is 29.2 Å². The van der Waals surface area contributed by atoms with Gasteiger partial charge in [0.15, 0.2) is 17.7 Å². The number of carboxylic acid groups (broad SMARTS) is 1. The van der Waals surface area contributed by atoms with Gasteiger partial charge in [0, 0.05) is 32.0 Å². The lowest BCUT2D eigenvalue weighted by atomic mass is 10.1. The van der Waals surface area contributed by atoms with Crippen LogP contribution in [0.4, 0.5) is 8.78 Å². The highest BCUT2D eigenvalue weighted by molar-refractivity contribution is 5.96. The summed E-state index contributed by atoms with van der Waals surface area (Å²) in [6.07, 6.45) is 0.149. The van der Waals surface area contributed by atoms with Gasteiger partial charge in [0.2, 0.25) is 5.43 Å². The van der Waals surface area contributed by atoms with Gasteiger partial charge in [-0.05, 0) is 13.0 Å². The fourth-order valence-electron chi connectivity index (χ4n) is 2.97. The molecule has 168 valence electrons. The molecule has 0 bridgehead atoms. The average Bonchev–Trinajstić information content (AvgIpc) is 2.71. The van der Waals surface area contributed by atoms with E-state index in [1.807, 2.05) is 0 Å². The molecule has 0 aliphatic carbocycles. The summed E-state index contributed by atoms with van der Waals surface area (Å²) in [6.45, 7) is 1.27. The molecule has 11 heteroatoms. The summed E-state index contributed by atoms with van der Waals surface area (Å²) in [6, 6.07) is 1.96. The van der Waals surface area contributed by atoms with E-state index in [4.69, 9.17) is 14.2 Å². The van der Waals surface area contributed by atoms with E-state index in [1.165, 1.54) is 27.2 Å². The van der Waals surface area contributed by atoms with Gasteiger partial charge in [0.1, 0.15) is 17.2 Å². The molecule has 1 heterocycles. The van der Waals surface area contributed by atoms with Gasteiger partial charge < -0.3 is 29.2 Å². The van der Waals surface area contributed by atoms with E-state index < -0.39 is 58.3 Å². The molecule has 1 aromatic heterocycles. The third-order valence-corrected chi connectivity index (χ3v) is 4.54. The average molecular weight is 440 g/mol. The Morgan fingerprint density at radius 2 is 1.84 bits per heavy atom. The quantitative estimate of drug-likeness (QED) is 0.573. The number of nitrogens with zero attached hydrogens (tertiary/aromatic N) is 1. The van der Waals surface area contributed by atoms with Crippen molar-refractivity contribution >= 4 is 11.9 Å². The van der Waals surface area contributed by atoms with Gasteiger partial charge in [-0.25, -0.2) is 13.6 Å². The number of hydrogen-bond acceptors (Lipinski definition) is 6. The predicted octanol–water partition coefficient (Wildman–Crippen LogP) is 1.94. The number of rotatable bonds is 9. The Hall–Kier alpha value is -3.31. The molecule has 0 fully saturated rings. The number of pyridine rings is 1. The summed E-state index contributed by atoms with van der Waals surface area (Å²) in [4.78, 5) is 37.2. The third kappa shape index (κ3) is 5.25. The van der Waals surface area contributed by atoms with Gasteiger partial charge in [-0.3, -0.25) is 9.59 Å². The van der Waals surface area contributed by atoms with E-state index in [-0.39, 0.29) is 12.1 Å². The smallest absolute Gasteiger partial charge is 0.356 e. The topological polar surface area (TPSA) is 116 Å². The molecule has 0 radical (unpaired) electrons. The van der Waals surface area contributed by atoms with Crippen molar-refractivity contribution in [2.24, 2.45) is 0 Å². The van der Waals surface area contributed by atoms with Gasteiger partial charge in [0.05, 0.1) is 19.7 Å². The number of benzene rings is 1. The van der Waals surface area contributed by atoms with Crippen molar-refractivity contribution in [3.63, 3.8) is 0 Å². The van der Waals surface area contributed by atoms with Gasteiger partial charge in [-0.15, -0.1) is 0 Å². The molecular formula is C20H22F2N2O7. The van der Waals surface area contributed by atoms with E-state index in [2.05, 4.69) is 5.32 Å². The molecule has 0 aliphatic heterocycles. The normalized spacial score (nSPS) is 12.0. The van der Waals surface area contributed by atoms with Crippen LogP contribution in [-0.2, 0) is 16.0 Å². The fourth-order valence-corrected chi connectivity index (χ4v) is 2.97. The van der Waals surface area contributed by atoms with E-state index in [1.54, 1.807) is 0 Å². The number of hydrogen-bond donors (Lipinski definition) is 2. The summed E-state index contributed by atoms with van der Waals surface area (Å²) < 4.78 is 43.3. The van der Waals surface area contributed by atoms with Crippen LogP contribution in [0, 0.1) is 11.6 Å². The second kappa shape index (κ2) is 10.1. The number of carbonyl (C=O) groups is 2. The Bertz CT molecular complexity index is 1030. The lowest BCUT2D eigenvalue weighted by molar-refractivity contribution is -0.111. The number of carbonyl (C=O) groups excluding carboxylic acids is 1. The zero-order chi connectivity index (χ0) is 23.3. The standard InChI is InChI=1S/C20H22F2N2O7/c1-10(12-6-5-11(21)7-14(12)22)23-19(26)13-8-24(9-15(29-2)30-3)16(20(27)28)18(31-4)17(13)25/h5-8,10,15H,9H2,1-4H3,(H,23,26)(H,27,28). The molecule has 1 aromatic carbocycles. The van der Waals surface area contributed by atoms with Crippen LogP contribution in [0.3, 0.4) is 0 Å². The largest absolute Gasteiger partial charge is 0.491 e. The summed E-state index contributed by atoms with van der Waals surface area (Å²) in [7, 11) is 3.76. The van der Waals surface area contributed by atoms with Crippen LogP contribution in [0.1, 0.15) is 39.4 Å². The highest BCUT2D eigenvalue weighted by Gasteiger charge is 2.27. The number of amides is 1. The maximum absolute atomic E-state index is 14.0. The zero-order valence-corrected chi connectivity index (χ0v) is 17.3. The Kier molecular flexibility index (Phi) is 7.83. The second-order valence-electron chi connectivity index (χ2n) is 6.47. The highest BCUT2D eigenvalue weighted by atomic mass is 19.1. The van der Waals surface area contributed by atoms with Crippen molar-refractivity contribution in [2.75, 3.05) is 21.3 Å². The van der Waals surface area contributed by atoms with Gasteiger partial charge in [-0.2, -0.15) is 0 Å². The first-order valence-electron chi connectivity index (χ1n) is 9.00. The minimum atomic E-state index is -1.46. The fraction of sp³-hybridized carbons (Fsp3) is 0.350. The molecule has 2 N–H and O–H groups in total. The first-order chi connectivity index (χ1) is 14.6. The highest BCUT2D eigenvalue weighted by Crippen LogP contribution is 2.20. The number of aromatic carboxylic acids is 1. The van der Waals surface area contributed by atoms with Gasteiger partial charge >= 0.3 is 5.97 Å². The maximum Gasteiger partial charge on any atom is 0.356 e. The van der Waals surface area contributed by atoms with E-state index in [0.29, 0.717) is 6.07 Å². The van der Waals surface area contributed by atoms with Crippen molar-refractivity contribution in [3.05, 3.63) is 63.1 Å². The van der Waals surface area contributed by atoms with Crippen LogP contribution in [0.2, 0.25) is 0 Å². The van der Waals surface area contributed by atoms with Gasteiger partial charge in [-0.1, -0.05) is 6.07 Å². The Labute approximate surface area is 176 Å². The summed E-state index contributed by atoms with van der Waals surface area (Å²) in [5.74, 6) is -4.58. The maximum atomic E-state index is 14.0. The number of nitrogens with one attached hydrogen (secondary N) is 1. The SMILES string of the molecule is COc1c(C(=O)O)n(CC(OC)OC)cc(C(=O)NC(C)c2ccc(F)cc2F)c1=O. The van der Waals surface area contributed by atoms with E-state index in [0.717, 1.165) is 23.9 Å². The van der Waals surface area contributed by atoms with Crippen LogP contribution in [0.25, 0.3) is 0 Å². The Morgan fingerprint density at radius 1 is 1.19 bits per heavy atom. The van der Waals surface area contributed by atoms with Crippen LogP contribution >= 0.6 is 0 Å². The number of methoxy groups -OCH3 is 3. The van der Waals surface area contributed by atoms with Crippen LogP contribution in [-0.4, -0.2) is 49.2 Å². The first-order valence-corrected chi connectivity index (χ1v) is 9.00. The molecule has 0 aliphatic rings. The zero-order valence-electron chi connectivity index (χ0n) is 17.3. The van der Waals surface area contributed by atoms with Crippen molar-refractivity contribution in [2.45, 2.75) is 25.8 Å². The van der Waals surface area contributed by atoms with E-state index in [9.17, 15) is 28.3 Å². The second-order valence-corrected chi connectivity index (χ2v) is 6.47. The van der Waals surface area contributed by atoms with Crippen molar-refractivity contribution in [1.29, 1.82) is 0 Å². The molecule has 1 atom stereocenters. The monoisotopic (exact) mass is 440 g/mol. The summed E-state index contributed by atoms with van der Waals surface area (Å²) in [5, 5.41) is 12.0. The molecule has 0 saturated carbocycles. The predicted molar refractivity (Wildman–Crippen MR) is 104 cm³/mol. The third-order valence-electron chi connectivity index (χ3n) is 4.54. The molecule has 2 aromatic rings. The molecule has 31 heavy (non-hydrogen) atoms. The minimum Gasteiger partial charge on any atom is -0.491 e. The molecule has 1 amide bonds. The molecule has 0 spiro atoms. The number of carboxylic acids is 1. The molecule has 1 unspecified atom stereocenters. The Balaban J connectivity index is 2.50. The summed E-state index contributed by atoms with van der Waals surface area (Å²) in [5.41, 5.74) is -1.90. The molecular weight excluding hydrogens is 418 g/mol. The molecule has 9 nitrogen and oxygen atoms in total. The Morgan fingerprint density at radius 3 is 2.35 bits per heavy atom. The number of halogens is 2. The van der Waals surface area contributed by atoms with Crippen molar-refractivity contribution in [1.82, 2.24) is 9.88 Å². The number of ether oxygens (including phenoxy) is 3.